The molecule has 116 valence electrons. The van der Waals surface area contributed by atoms with Gasteiger partial charge in [-0.05, 0) is 32.4 Å². The second kappa shape index (κ2) is 7.22. The van der Waals surface area contributed by atoms with Crippen molar-refractivity contribution < 1.29 is 8.42 Å². The van der Waals surface area contributed by atoms with E-state index >= 15 is 0 Å². The van der Waals surface area contributed by atoms with Crippen LogP contribution in [0, 0.1) is 13.8 Å². The van der Waals surface area contributed by atoms with Crippen molar-refractivity contribution in [1.82, 2.24) is 15.1 Å². The van der Waals surface area contributed by atoms with Crippen LogP contribution in [-0.2, 0) is 22.8 Å². The Morgan fingerprint density at radius 2 is 1.95 bits per heavy atom. The van der Waals surface area contributed by atoms with Crippen LogP contribution in [0.1, 0.15) is 37.7 Å². The lowest BCUT2D eigenvalue weighted by Crippen LogP contribution is -2.25. The van der Waals surface area contributed by atoms with E-state index in [1.54, 1.807) is 6.92 Å². The molecule has 0 bridgehead atoms. The second-order valence-electron chi connectivity index (χ2n) is 5.47. The number of hydrogen-bond acceptors (Lipinski definition) is 4. The summed E-state index contributed by atoms with van der Waals surface area (Å²) in [6.45, 7) is 11.3. The Kier molecular flexibility index (Phi) is 6.20. The summed E-state index contributed by atoms with van der Waals surface area (Å²) in [6, 6.07) is 0.473. The Balaban J connectivity index is 2.71. The Bertz CT molecular complexity index is 533. The molecule has 0 aliphatic heterocycles. The number of rotatable bonds is 8. The third-order valence-corrected chi connectivity index (χ3v) is 5.20. The lowest BCUT2D eigenvalue weighted by Gasteiger charge is -2.08. The summed E-state index contributed by atoms with van der Waals surface area (Å²) in [5, 5.41) is 7.86. The molecule has 0 unspecified atom stereocenters. The van der Waals surface area contributed by atoms with Gasteiger partial charge in [0.25, 0.3) is 0 Å². The van der Waals surface area contributed by atoms with Gasteiger partial charge >= 0.3 is 0 Å². The Morgan fingerprint density at radius 1 is 1.30 bits per heavy atom. The monoisotopic (exact) mass is 301 g/mol. The highest BCUT2D eigenvalue weighted by atomic mass is 32.2. The van der Waals surface area contributed by atoms with Crippen LogP contribution in [0.25, 0.3) is 0 Å². The van der Waals surface area contributed by atoms with Gasteiger partial charge in [0.2, 0.25) is 0 Å². The zero-order valence-electron chi connectivity index (χ0n) is 13.2. The quantitative estimate of drug-likeness (QED) is 0.790. The molecule has 0 aliphatic carbocycles. The smallest absolute Gasteiger partial charge is 0.151 e. The van der Waals surface area contributed by atoms with Gasteiger partial charge < -0.3 is 5.32 Å². The molecule has 0 spiro atoms. The van der Waals surface area contributed by atoms with Crippen molar-refractivity contribution in [3.8, 4) is 0 Å². The summed E-state index contributed by atoms with van der Waals surface area (Å²) >= 11 is 0. The molecule has 0 amide bonds. The number of nitrogens with zero attached hydrogens (tertiary/aromatic N) is 2. The number of sulfone groups is 1. The average Bonchev–Trinajstić information content (AvgIpc) is 2.63. The molecule has 1 heterocycles. The predicted molar refractivity (Wildman–Crippen MR) is 82.9 cm³/mol. The molecule has 5 nitrogen and oxygen atoms in total. The largest absolute Gasteiger partial charge is 0.314 e. The number of aromatic nitrogens is 2. The number of aryl methyl sites for hydroxylation is 2. The van der Waals surface area contributed by atoms with Crippen LogP contribution in [0.4, 0.5) is 0 Å². The van der Waals surface area contributed by atoms with E-state index in [0.29, 0.717) is 12.6 Å². The average molecular weight is 301 g/mol. The minimum Gasteiger partial charge on any atom is -0.314 e. The number of hydrogen-bond donors (Lipinski definition) is 1. The maximum absolute atomic E-state index is 11.6. The van der Waals surface area contributed by atoms with E-state index in [0.717, 1.165) is 24.4 Å². The van der Waals surface area contributed by atoms with Crippen molar-refractivity contribution in [2.24, 2.45) is 0 Å². The molecule has 6 heteroatoms. The Hall–Kier alpha value is -0.880. The van der Waals surface area contributed by atoms with Gasteiger partial charge in [0, 0.05) is 17.5 Å². The van der Waals surface area contributed by atoms with Crippen LogP contribution in [0.3, 0.4) is 0 Å². The molecule has 0 radical (unpaired) electrons. The van der Waals surface area contributed by atoms with Crippen molar-refractivity contribution in [3.05, 3.63) is 17.0 Å². The molecule has 0 fully saturated rings. The highest BCUT2D eigenvalue weighted by molar-refractivity contribution is 7.91. The topological polar surface area (TPSA) is 64.0 Å². The van der Waals surface area contributed by atoms with E-state index in [2.05, 4.69) is 24.3 Å². The summed E-state index contributed by atoms with van der Waals surface area (Å²) < 4.78 is 25.0. The van der Waals surface area contributed by atoms with Gasteiger partial charge in [-0.3, -0.25) is 4.68 Å². The normalized spacial score (nSPS) is 12.3. The first-order valence-corrected chi connectivity index (χ1v) is 9.05. The second-order valence-corrected chi connectivity index (χ2v) is 7.94. The summed E-state index contributed by atoms with van der Waals surface area (Å²) in [7, 11) is -2.94. The van der Waals surface area contributed by atoms with E-state index in [1.807, 2.05) is 18.5 Å². The minimum absolute atomic E-state index is 0.162. The van der Waals surface area contributed by atoms with Gasteiger partial charge in [-0.25, -0.2) is 8.42 Å². The van der Waals surface area contributed by atoms with Gasteiger partial charge in [0.05, 0.1) is 18.0 Å². The minimum atomic E-state index is -2.94. The SMILES string of the molecule is CCS(=O)(=O)CCn1nc(C)c(CCNC(C)C)c1C. The molecule has 1 N–H and O–H groups in total. The molecular formula is C14H27N3O2S. The zero-order chi connectivity index (χ0) is 15.3. The zero-order valence-corrected chi connectivity index (χ0v) is 14.0. The standard InChI is InChI=1S/C14H27N3O2S/c1-6-20(18,19)10-9-17-13(5)14(12(4)16-17)7-8-15-11(2)3/h11,15H,6-10H2,1-5H3. The Labute approximate surface area is 122 Å². The van der Waals surface area contributed by atoms with Gasteiger partial charge in [0.15, 0.2) is 9.84 Å². The molecule has 0 saturated heterocycles. The van der Waals surface area contributed by atoms with E-state index in [9.17, 15) is 8.42 Å². The van der Waals surface area contributed by atoms with E-state index in [1.165, 1.54) is 5.56 Å². The molecule has 1 aromatic rings. The third kappa shape index (κ3) is 4.90. The van der Waals surface area contributed by atoms with E-state index < -0.39 is 9.84 Å². The van der Waals surface area contributed by atoms with E-state index in [-0.39, 0.29) is 11.5 Å². The summed E-state index contributed by atoms with van der Waals surface area (Å²) in [5.41, 5.74) is 3.31. The van der Waals surface area contributed by atoms with Crippen LogP contribution in [0.2, 0.25) is 0 Å². The van der Waals surface area contributed by atoms with Crippen LogP contribution in [-0.4, -0.2) is 42.3 Å². The molecule has 1 rings (SSSR count). The molecule has 0 atom stereocenters. The van der Waals surface area contributed by atoms with Gasteiger partial charge in [0.1, 0.15) is 0 Å². The van der Waals surface area contributed by atoms with Crippen LogP contribution in [0.5, 0.6) is 0 Å². The molecule has 0 aromatic carbocycles. The van der Waals surface area contributed by atoms with Crippen LogP contribution in [0.15, 0.2) is 0 Å². The van der Waals surface area contributed by atoms with Gasteiger partial charge in [-0.2, -0.15) is 5.10 Å². The fourth-order valence-electron chi connectivity index (χ4n) is 2.17. The maximum Gasteiger partial charge on any atom is 0.151 e. The van der Waals surface area contributed by atoms with Crippen LogP contribution < -0.4 is 5.32 Å². The first-order chi connectivity index (χ1) is 9.26. The highest BCUT2D eigenvalue weighted by Crippen LogP contribution is 2.13. The fourth-order valence-corrected chi connectivity index (χ4v) is 2.91. The summed E-state index contributed by atoms with van der Waals surface area (Å²) in [5.74, 6) is 0.354. The maximum atomic E-state index is 11.6. The van der Waals surface area contributed by atoms with Gasteiger partial charge in [-0.1, -0.05) is 20.8 Å². The van der Waals surface area contributed by atoms with Crippen molar-refractivity contribution >= 4 is 9.84 Å². The summed E-state index contributed by atoms with van der Waals surface area (Å²) in [4.78, 5) is 0. The molecular weight excluding hydrogens is 274 g/mol. The van der Waals surface area contributed by atoms with Crippen molar-refractivity contribution in [3.63, 3.8) is 0 Å². The van der Waals surface area contributed by atoms with Gasteiger partial charge in [-0.15, -0.1) is 0 Å². The Morgan fingerprint density at radius 3 is 2.50 bits per heavy atom. The van der Waals surface area contributed by atoms with E-state index in [4.69, 9.17) is 0 Å². The number of nitrogens with one attached hydrogen (secondary N) is 1. The first kappa shape index (κ1) is 17.2. The first-order valence-electron chi connectivity index (χ1n) is 7.23. The molecule has 1 aromatic heterocycles. The lowest BCUT2D eigenvalue weighted by atomic mass is 10.1. The lowest BCUT2D eigenvalue weighted by molar-refractivity contribution is 0.575. The van der Waals surface area contributed by atoms with Crippen molar-refractivity contribution in [2.75, 3.05) is 18.1 Å². The van der Waals surface area contributed by atoms with Crippen molar-refractivity contribution in [2.45, 2.75) is 53.6 Å². The summed E-state index contributed by atoms with van der Waals surface area (Å²) in [6.07, 6.45) is 0.927. The predicted octanol–water partition coefficient (Wildman–Crippen LogP) is 1.48. The molecule has 0 aliphatic rings. The van der Waals surface area contributed by atoms with Crippen molar-refractivity contribution in [1.29, 1.82) is 0 Å². The van der Waals surface area contributed by atoms with Crippen LogP contribution >= 0.6 is 0 Å². The molecule has 0 saturated carbocycles. The molecule has 20 heavy (non-hydrogen) atoms. The fraction of sp³-hybridized carbons (Fsp3) is 0.786. The highest BCUT2D eigenvalue weighted by Gasteiger charge is 2.14. The third-order valence-electron chi connectivity index (χ3n) is 3.51.